The molecule has 3 rings (SSSR count). The molecule has 0 aliphatic rings. The molecular weight excluding hydrogens is 336 g/mol. The fourth-order valence-electron chi connectivity index (χ4n) is 2.36. The number of pyridine rings is 1. The summed E-state index contributed by atoms with van der Waals surface area (Å²) < 4.78 is 24.7. The first-order valence-electron chi connectivity index (χ1n) is 6.61. The van der Waals surface area contributed by atoms with Gasteiger partial charge in [0.1, 0.15) is 0 Å². The smallest absolute Gasteiger partial charge is 0.254 e. The molecule has 0 radical (unpaired) electrons. The molecule has 1 unspecified atom stereocenters. The van der Waals surface area contributed by atoms with E-state index in [1.165, 1.54) is 12.1 Å². The predicted molar refractivity (Wildman–Crippen MR) is 89.4 cm³/mol. The zero-order valence-electron chi connectivity index (χ0n) is 11.7. The van der Waals surface area contributed by atoms with Gasteiger partial charge in [-0.3, -0.25) is 18.3 Å². The molecule has 0 saturated carbocycles. The SMILES string of the molecule is O=C(Cl)c1ccccc1N(c1cccc2cccnc12)S(=O)[O-]. The maximum atomic E-state index is 11.9. The van der Waals surface area contributed by atoms with Crippen LogP contribution in [0, 0.1) is 0 Å². The van der Waals surface area contributed by atoms with E-state index in [4.69, 9.17) is 11.6 Å². The van der Waals surface area contributed by atoms with Crippen molar-refractivity contribution in [2.75, 3.05) is 4.31 Å². The standard InChI is InChI=1S/C16H11ClN2O3S/c17-16(20)12-7-1-2-8-13(12)19(23(21)22)14-9-3-5-11-6-4-10-18-15(11)14/h1-10H,(H,21,22)/p-1. The second kappa shape index (κ2) is 6.45. The van der Waals surface area contributed by atoms with E-state index in [1.54, 1.807) is 36.5 Å². The van der Waals surface area contributed by atoms with Gasteiger partial charge < -0.3 is 4.55 Å². The van der Waals surface area contributed by atoms with Gasteiger partial charge in [0.2, 0.25) is 0 Å². The zero-order chi connectivity index (χ0) is 16.4. The number of nitrogens with zero attached hydrogens (tertiary/aromatic N) is 2. The number of anilines is 2. The Morgan fingerprint density at radius 1 is 1.04 bits per heavy atom. The van der Waals surface area contributed by atoms with E-state index >= 15 is 0 Å². The normalized spacial score (nSPS) is 12.1. The number of rotatable bonds is 4. The summed E-state index contributed by atoms with van der Waals surface area (Å²) in [5, 5.41) is 0.0550. The Bertz CT molecular complexity index is 911. The Morgan fingerprint density at radius 2 is 1.74 bits per heavy atom. The molecule has 3 aromatic rings. The van der Waals surface area contributed by atoms with E-state index < -0.39 is 16.5 Å². The summed E-state index contributed by atoms with van der Waals surface area (Å²) in [7, 11) is 0. The minimum Gasteiger partial charge on any atom is -0.755 e. The van der Waals surface area contributed by atoms with Gasteiger partial charge >= 0.3 is 0 Å². The Kier molecular flexibility index (Phi) is 4.38. The number of para-hydroxylation sites is 2. The van der Waals surface area contributed by atoms with Gasteiger partial charge in [-0.25, -0.2) is 0 Å². The van der Waals surface area contributed by atoms with Crippen molar-refractivity contribution in [2.45, 2.75) is 0 Å². The molecule has 1 atom stereocenters. The van der Waals surface area contributed by atoms with E-state index in [9.17, 15) is 13.6 Å². The zero-order valence-corrected chi connectivity index (χ0v) is 13.3. The lowest BCUT2D eigenvalue weighted by Crippen LogP contribution is -2.21. The number of fused-ring (bicyclic) bond motifs is 1. The Morgan fingerprint density at radius 3 is 2.48 bits per heavy atom. The monoisotopic (exact) mass is 345 g/mol. The highest BCUT2D eigenvalue weighted by atomic mass is 35.5. The van der Waals surface area contributed by atoms with Crippen molar-refractivity contribution in [3.8, 4) is 0 Å². The van der Waals surface area contributed by atoms with Crippen LogP contribution in [0.1, 0.15) is 10.4 Å². The Labute approximate surface area is 139 Å². The minimum absolute atomic E-state index is 0.103. The molecule has 0 aliphatic carbocycles. The third kappa shape index (κ3) is 2.96. The van der Waals surface area contributed by atoms with Gasteiger partial charge in [-0.05, 0) is 35.9 Å². The average molecular weight is 346 g/mol. The number of hydrogen-bond acceptors (Lipinski definition) is 4. The van der Waals surface area contributed by atoms with Crippen molar-refractivity contribution in [3.05, 3.63) is 66.4 Å². The molecule has 0 aliphatic heterocycles. The van der Waals surface area contributed by atoms with Crippen LogP contribution in [0.15, 0.2) is 60.8 Å². The van der Waals surface area contributed by atoms with Crippen LogP contribution in [-0.2, 0) is 11.3 Å². The average Bonchev–Trinajstić information content (AvgIpc) is 2.55. The molecule has 0 N–H and O–H groups in total. The van der Waals surface area contributed by atoms with E-state index in [0.717, 1.165) is 9.69 Å². The summed E-state index contributed by atoms with van der Waals surface area (Å²) >= 11 is 2.92. The molecule has 0 amide bonds. The van der Waals surface area contributed by atoms with Crippen LogP contribution in [0.25, 0.3) is 10.9 Å². The number of hydrogen-bond donors (Lipinski definition) is 0. The molecule has 0 saturated heterocycles. The Balaban J connectivity index is 2.28. The summed E-state index contributed by atoms with van der Waals surface area (Å²) in [5.41, 5.74) is 1.14. The van der Waals surface area contributed by atoms with Crippen molar-refractivity contribution in [1.29, 1.82) is 0 Å². The molecule has 116 valence electrons. The van der Waals surface area contributed by atoms with Gasteiger partial charge in [0.15, 0.2) is 0 Å². The molecule has 0 bridgehead atoms. The van der Waals surface area contributed by atoms with Gasteiger partial charge in [0, 0.05) is 11.6 Å². The summed E-state index contributed by atoms with van der Waals surface area (Å²) in [4.78, 5) is 15.9. The van der Waals surface area contributed by atoms with E-state index in [1.807, 2.05) is 12.1 Å². The van der Waals surface area contributed by atoms with Gasteiger partial charge in [0.05, 0.1) is 33.7 Å². The number of aromatic nitrogens is 1. The van der Waals surface area contributed by atoms with Crippen LogP contribution in [0.2, 0.25) is 0 Å². The van der Waals surface area contributed by atoms with Crippen LogP contribution in [0.5, 0.6) is 0 Å². The fraction of sp³-hybridized carbons (Fsp3) is 0. The first-order chi connectivity index (χ1) is 11.1. The summed E-state index contributed by atoms with van der Waals surface area (Å²) in [6, 6.07) is 15.0. The Hall–Kier alpha value is -2.28. The molecule has 23 heavy (non-hydrogen) atoms. The van der Waals surface area contributed by atoms with Crippen LogP contribution >= 0.6 is 11.6 Å². The van der Waals surface area contributed by atoms with Gasteiger partial charge in [0.25, 0.3) is 5.24 Å². The van der Waals surface area contributed by atoms with Crippen LogP contribution in [0.3, 0.4) is 0 Å². The molecule has 1 heterocycles. The maximum absolute atomic E-state index is 11.9. The van der Waals surface area contributed by atoms with Crippen molar-refractivity contribution in [1.82, 2.24) is 4.98 Å². The number of halogens is 1. The van der Waals surface area contributed by atoms with Crippen molar-refractivity contribution >= 4 is 50.4 Å². The highest BCUT2D eigenvalue weighted by Crippen LogP contribution is 2.34. The summed E-state index contributed by atoms with van der Waals surface area (Å²) in [5.74, 6) is 0. The lowest BCUT2D eigenvalue weighted by atomic mass is 10.1. The van der Waals surface area contributed by atoms with E-state index in [0.29, 0.717) is 11.2 Å². The van der Waals surface area contributed by atoms with Crippen LogP contribution in [0.4, 0.5) is 11.4 Å². The quantitative estimate of drug-likeness (QED) is 0.535. The second-order valence-corrected chi connectivity index (χ2v) is 5.80. The number of benzene rings is 2. The largest absolute Gasteiger partial charge is 0.755 e. The lowest BCUT2D eigenvalue weighted by Gasteiger charge is -2.28. The van der Waals surface area contributed by atoms with Gasteiger partial charge in [-0.2, -0.15) is 0 Å². The highest BCUT2D eigenvalue weighted by Gasteiger charge is 2.19. The van der Waals surface area contributed by atoms with Gasteiger partial charge in [-0.15, -0.1) is 0 Å². The molecule has 2 aromatic carbocycles. The molecule has 0 spiro atoms. The second-order valence-electron chi connectivity index (χ2n) is 4.65. The minimum atomic E-state index is -2.66. The molecule has 5 nitrogen and oxygen atoms in total. The molecule has 0 fully saturated rings. The third-order valence-electron chi connectivity index (χ3n) is 3.31. The highest BCUT2D eigenvalue weighted by molar-refractivity contribution is 7.81. The van der Waals surface area contributed by atoms with Crippen LogP contribution < -0.4 is 4.31 Å². The van der Waals surface area contributed by atoms with Gasteiger partial charge in [-0.1, -0.05) is 30.3 Å². The third-order valence-corrected chi connectivity index (χ3v) is 4.21. The first-order valence-corrected chi connectivity index (χ1v) is 8.02. The maximum Gasteiger partial charge on any atom is 0.254 e. The van der Waals surface area contributed by atoms with E-state index in [-0.39, 0.29) is 11.3 Å². The first kappa shape index (κ1) is 15.6. The predicted octanol–water partition coefficient (Wildman–Crippen LogP) is 3.55. The summed E-state index contributed by atoms with van der Waals surface area (Å²) in [6.07, 6.45) is 1.58. The van der Waals surface area contributed by atoms with Crippen LogP contribution in [-0.4, -0.2) is 19.0 Å². The number of carbonyl (C=O) groups excluding carboxylic acids is 1. The van der Waals surface area contributed by atoms with Crippen molar-refractivity contribution in [3.63, 3.8) is 0 Å². The van der Waals surface area contributed by atoms with Crippen molar-refractivity contribution < 1.29 is 13.6 Å². The molecule has 1 aromatic heterocycles. The lowest BCUT2D eigenvalue weighted by molar-refractivity contribution is 0.108. The van der Waals surface area contributed by atoms with E-state index in [2.05, 4.69) is 4.98 Å². The topological polar surface area (TPSA) is 73.3 Å². The fourth-order valence-corrected chi connectivity index (χ4v) is 3.15. The molecular formula is C16H10ClN2O3S-. The van der Waals surface area contributed by atoms with Crippen molar-refractivity contribution in [2.24, 2.45) is 0 Å². The summed E-state index contributed by atoms with van der Waals surface area (Å²) in [6.45, 7) is 0. The number of carbonyl (C=O) groups is 1. The molecule has 7 heteroatoms.